The first-order valence-electron chi connectivity index (χ1n) is 4.76. The maximum absolute atomic E-state index is 13.3. The van der Waals surface area contributed by atoms with Crippen LogP contribution < -0.4 is 0 Å². The van der Waals surface area contributed by atoms with Gasteiger partial charge < -0.3 is 9.84 Å². The van der Waals surface area contributed by atoms with Gasteiger partial charge in [-0.25, -0.2) is 8.78 Å². The Kier molecular flexibility index (Phi) is 4.83. The van der Waals surface area contributed by atoms with Crippen molar-refractivity contribution in [1.82, 2.24) is 0 Å². The number of aliphatic hydroxyl groups is 1. The molecule has 0 aromatic heterocycles. The predicted molar refractivity (Wildman–Crippen MR) is 52.4 cm³/mol. The monoisotopic (exact) mass is 227 g/mol. The Balaban J connectivity index is 2.79. The topological polar surface area (TPSA) is 53.2 Å². The van der Waals surface area contributed by atoms with Crippen molar-refractivity contribution in [3.63, 3.8) is 0 Å². The average molecular weight is 227 g/mol. The Labute approximate surface area is 91.9 Å². The van der Waals surface area contributed by atoms with E-state index in [0.717, 1.165) is 18.2 Å². The number of rotatable bonds is 5. The summed E-state index contributed by atoms with van der Waals surface area (Å²) in [7, 11) is 0. The van der Waals surface area contributed by atoms with Crippen molar-refractivity contribution in [1.29, 1.82) is 5.26 Å². The molecule has 1 atom stereocenters. The second kappa shape index (κ2) is 6.16. The number of hydrogen-bond donors (Lipinski definition) is 1. The van der Waals surface area contributed by atoms with E-state index in [4.69, 9.17) is 15.1 Å². The highest BCUT2D eigenvalue weighted by atomic mass is 19.1. The number of aliphatic hydroxyl groups excluding tert-OH is 1. The van der Waals surface area contributed by atoms with E-state index in [-0.39, 0.29) is 18.8 Å². The van der Waals surface area contributed by atoms with Crippen LogP contribution >= 0.6 is 0 Å². The van der Waals surface area contributed by atoms with E-state index in [1.54, 1.807) is 6.07 Å². The molecule has 0 spiro atoms. The highest BCUT2D eigenvalue weighted by molar-refractivity contribution is 5.25. The number of hydrogen-bond acceptors (Lipinski definition) is 3. The number of nitriles is 1. The third-order valence-corrected chi connectivity index (χ3v) is 1.94. The van der Waals surface area contributed by atoms with E-state index in [2.05, 4.69) is 0 Å². The molecule has 1 rings (SSSR count). The molecule has 0 heterocycles. The van der Waals surface area contributed by atoms with Crippen molar-refractivity contribution in [2.24, 2.45) is 0 Å². The molecule has 1 N–H and O–H groups in total. The maximum Gasteiger partial charge on any atom is 0.171 e. The van der Waals surface area contributed by atoms with Gasteiger partial charge in [0.1, 0.15) is 11.6 Å². The van der Waals surface area contributed by atoms with Crippen LogP contribution in [0.4, 0.5) is 8.78 Å². The summed E-state index contributed by atoms with van der Waals surface area (Å²) >= 11 is 0. The molecule has 3 nitrogen and oxygen atoms in total. The summed E-state index contributed by atoms with van der Waals surface area (Å²) < 4.78 is 31.2. The number of nitrogens with zero attached hydrogens (tertiary/aromatic N) is 1. The first-order valence-corrected chi connectivity index (χ1v) is 4.76. The molecule has 0 saturated carbocycles. The molecule has 0 fully saturated rings. The lowest BCUT2D eigenvalue weighted by Gasteiger charge is -2.11. The standard InChI is InChI=1S/C11H11F2NO2/c12-8-2-3-10(13)9(6-8)11(7-14)16-5-1-4-15/h2-3,6,11,15H,1,4-5H2. The van der Waals surface area contributed by atoms with Crippen LogP contribution in [0.3, 0.4) is 0 Å². The van der Waals surface area contributed by atoms with Crippen molar-refractivity contribution < 1.29 is 18.6 Å². The molecule has 0 amide bonds. The van der Waals surface area contributed by atoms with Crippen LogP contribution in [0.5, 0.6) is 0 Å². The molecule has 1 aromatic rings. The fraction of sp³-hybridized carbons (Fsp3) is 0.364. The Morgan fingerprint density at radius 3 is 2.81 bits per heavy atom. The fourth-order valence-corrected chi connectivity index (χ4v) is 1.18. The van der Waals surface area contributed by atoms with Crippen LogP contribution in [-0.2, 0) is 4.74 Å². The third kappa shape index (κ3) is 3.26. The van der Waals surface area contributed by atoms with E-state index >= 15 is 0 Å². The molecule has 0 aliphatic carbocycles. The lowest BCUT2D eigenvalue weighted by atomic mass is 10.1. The van der Waals surface area contributed by atoms with Crippen LogP contribution in [0.1, 0.15) is 18.1 Å². The van der Waals surface area contributed by atoms with Gasteiger partial charge in [0.15, 0.2) is 6.10 Å². The van der Waals surface area contributed by atoms with Crippen molar-refractivity contribution in [3.8, 4) is 6.07 Å². The van der Waals surface area contributed by atoms with Gasteiger partial charge in [-0.15, -0.1) is 0 Å². The summed E-state index contributed by atoms with van der Waals surface area (Å²) in [4.78, 5) is 0. The normalized spacial score (nSPS) is 12.1. The van der Waals surface area contributed by atoms with Gasteiger partial charge in [-0.1, -0.05) is 0 Å². The largest absolute Gasteiger partial charge is 0.396 e. The number of halogens is 2. The van der Waals surface area contributed by atoms with Gasteiger partial charge in [-0.2, -0.15) is 5.26 Å². The van der Waals surface area contributed by atoms with E-state index in [1.165, 1.54) is 0 Å². The van der Waals surface area contributed by atoms with Crippen LogP contribution in [-0.4, -0.2) is 18.3 Å². The Morgan fingerprint density at radius 1 is 1.44 bits per heavy atom. The van der Waals surface area contributed by atoms with E-state index in [9.17, 15) is 8.78 Å². The molecule has 0 saturated heterocycles. The number of ether oxygens (including phenoxy) is 1. The SMILES string of the molecule is N#CC(OCCCO)c1cc(F)ccc1F. The minimum atomic E-state index is -1.15. The third-order valence-electron chi connectivity index (χ3n) is 1.94. The van der Waals surface area contributed by atoms with Crippen molar-refractivity contribution in [3.05, 3.63) is 35.4 Å². The van der Waals surface area contributed by atoms with E-state index in [0.29, 0.717) is 6.42 Å². The Morgan fingerprint density at radius 2 is 2.19 bits per heavy atom. The molecule has 0 aliphatic heterocycles. The molecule has 86 valence electrons. The Hall–Kier alpha value is -1.51. The zero-order chi connectivity index (χ0) is 12.0. The first-order chi connectivity index (χ1) is 7.69. The van der Waals surface area contributed by atoms with Gasteiger partial charge >= 0.3 is 0 Å². The molecule has 5 heteroatoms. The van der Waals surface area contributed by atoms with Crippen molar-refractivity contribution in [2.75, 3.05) is 13.2 Å². The molecular weight excluding hydrogens is 216 g/mol. The van der Waals surface area contributed by atoms with Crippen LogP contribution in [0.15, 0.2) is 18.2 Å². The second-order valence-electron chi connectivity index (χ2n) is 3.12. The van der Waals surface area contributed by atoms with Crippen molar-refractivity contribution in [2.45, 2.75) is 12.5 Å². The van der Waals surface area contributed by atoms with Gasteiger partial charge in [0.2, 0.25) is 0 Å². The molecule has 0 radical (unpaired) electrons. The van der Waals surface area contributed by atoms with Crippen molar-refractivity contribution >= 4 is 0 Å². The highest BCUT2D eigenvalue weighted by Crippen LogP contribution is 2.21. The smallest absolute Gasteiger partial charge is 0.171 e. The van der Waals surface area contributed by atoms with Gasteiger partial charge in [0, 0.05) is 12.2 Å². The van der Waals surface area contributed by atoms with Gasteiger partial charge in [-0.05, 0) is 24.6 Å². The second-order valence-corrected chi connectivity index (χ2v) is 3.12. The van der Waals surface area contributed by atoms with E-state index < -0.39 is 17.7 Å². The van der Waals surface area contributed by atoms with Crippen LogP contribution in [0.2, 0.25) is 0 Å². The summed E-state index contributed by atoms with van der Waals surface area (Å²) in [5.41, 5.74) is -0.125. The predicted octanol–water partition coefficient (Wildman–Crippen LogP) is 1.93. The van der Waals surface area contributed by atoms with Gasteiger partial charge in [0.25, 0.3) is 0 Å². The van der Waals surface area contributed by atoms with E-state index in [1.807, 2.05) is 0 Å². The molecule has 1 unspecified atom stereocenters. The molecule has 16 heavy (non-hydrogen) atoms. The summed E-state index contributed by atoms with van der Waals surface area (Å²) in [5, 5.41) is 17.3. The number of benzene rings is 1. The van der Waals surface area contributed by atoms with Gasteiger partial charge in [-0.3, -0.25) is 0 Å². The lowest BCUT2D eigenvalue weighted by molar-refractivity contribution is 0.0751. The summed E-state index contributed by atoms with van der Waals surface area (Å²) in [5.74, 6) is -1.31. The maximum atomic E-state index is 13.3. The minimum absolute atomic E-state index is 0.0796. The lowest BCUT2D eigenvalue weighted by Crippen LogP contribution is -2.07. The summed E-state index contributed by atoms with van der Waals surface area (Å²) in [6.45, 7) is 0.0362. The highest BCUT2D eigenvalue weighted by Gasteiger charge is 2.16. The first kappa shape index (κ1) is 12.6. The van der Waals surface area contributed by atoms with Gasteiger partial charge in [0.05, 0.1) is 12.7 Å². The summed E-state index contributed by atoms with van der Waals surface area (Å²) in [6.07, 6.45) is -0.808. The fourth-order valence-electron chi connectivity index (χ4n) is 1.18. The Bertz CT molecular complexity index is 390. The molecule has 0 aliphatic rings. The van der Waals surface area contributed by atoms with Crippen LogP contribution in [0, 0.1) is 23.0 Å². The zero-order valence-electron chi connectivity index (χ0n) is 8.49. The minimum Gasteiger partial charge on any atom is -0.396 e. The zero-order valence-corrected chi connectivity index (χ0v) is 8.49. The molecular formula is C11H11F2NO2. The summed E-state index contributed by atoms with van der Waals surface area (Å²) in [6, 6.07) is 4.59. The average Bonchev–Trinajstić information content (AvgIpc) is 2.28. The molecule has 1 aromatic carbocycles. The quantitative estimate of drug-likeness (QED) is 0.782. The van der Waals surface area contributed by atoms with Crippen LogP contribution in [0.25, 0.3) is 0 Å². The molecule has 0 bridgehead atoms.